The number of hydrogen-bond donors (Lipinski definition) is 1. The van der Waals surface area contributed by atoms with Crippen molar-refractivity contribution in [3.05, 3.63) is 57.8 Å². The van der Waals surface area contributed by atoms with Crippen LogP contribution < -0.4 is 5.43 Å². The lowest BCUT2D eigenvalue weighted by Crippen LogP contribution is -2.17. The summed E-state index contributed by atoms with van der Waals surface area (Å²) in [5, 5.41) is 13.2. The molecular formula is C12H8N3O7S-. The summed E-state index contributed by atoms with van der Waals surface area (Å²) in [4.78, 5) is 21.6. The molecule has 1 aromatic heterocycles. The number of hydrogen-bond acceptors (Lipinski definition) is 8. The first-order valence-electron chi connectivity index (χ1n) is 5.91. The Hall–Kier alpha value is -3.05. The molecule has 0 saturated heterocycles. The highest BCUT2D eigenvalue weighted by atomic mass is 32.2. The van der Waals surface area contributed by atoms with Crippen molar-refractivity contribution in [3.63, 3.8) is 0 Å². The van der Waals surface area contributed by atoms with Gasteiger partial charge in [0.15, 0.2) is 10.1 Å². The Morgan fingerprint density at radius 3 is 2.39 bits per heavy atom. The molecule has 2 aromatic rings. The number of nitro groups is 1. The first kappa shape index (κ1) is 16.3. The van der Waals surface area contributed by atoms with E-state index in [0.29, 0.717) is 0 Å². The van der Waals surface area contributed by atoms with Crippen molar-refractivity contribution in [2.24, 2.45) is 5.10 Å². The number of non-ortho nitro benzene ring substituents is 1. The summed E-state index contributed by atoms with van der Waals surface area (Å²) in [5.41, 5.74) is 2.09. The molecule has 2 rings (SSSR count). The molecule has 0 aliphatic rings. The molecule has 0 aliphatic heterocycles. The predicted octanol–water partition coefficient (Wildman–Crippen LogP) is 0.856. The van der Waals surface area contributed by atoms with Crippen molar-refractivity contribution >= 4 is 27.9 Å². The Morgan fingerprint density at radius 1 is 1.22 bits per heavy atom. The molecule has 1 amide bonds. The zero-order chi connectivity index (χ0) is 17.0. The second kappa shape index (κ2) is 6.37. The molecule has 0 bridgehead atoms. The van der Waals surface area contributed by atoms with Gasteiger partial charge in [0.2, 0.25) is 5.09 Å². The largest absolute Gasteiger partial charge is 0.742 e. The van der Waals surface area contributed by atoms with Crippen LogP contribution in [0.25, 0.3) is 0 Å². The molecule has 0 spiro atoms. The number of amides is 1. The van der Waals surface area contributed by atoms with Crippen molar-refractivity contribution in [3.8, 4) is 0 Å². The van der Waals surface area contributed by atoms with E-state index in [1.54, 1.807) is 0 Å². The maximum absolute atomic E-state index is 11.7. The van der Waals surface area contributed by atoms with Crippen LogP contribution in [0.1, 0.15) is 16.1 Å². The number of carbonyl (C=O) groups excluding carboxylic acids is 1. The molecule has 120 valence electrons. The molecule has 0 aliphatic carbocycles. The van der Waals surface area contributed by atoms with E-state index in [9.17, 15) is 27.9 Å². The Kier molecular flexibility index (Phi) is 4.52. The standard InChI is InChI=1S/C12H9N3O7S/c16-12(8-1-3-9(4-2-8)15(17)18)14-13-7-10-5-6-11(22-10)23(19,20)21/h1-7H,(H,14,16)(H,19,20,21)/p-1/b13-7+. The van der Waals surface area contributed by atoms with E-state index in [1.807, 2.05) is 0 Å². The van der Waals surface area contributed by atoms with Gasteiger partial charge in [0, 0.05) is 17.7 Å². The second-order valence-corrected chi connectivity index (χ2v) is 5.42. The van der Waals surface area contributed by atoms with E-state index in [4.69, 9.17) is 4.42 Å². The fraction of sp³-hybridized carbons (Fsp3) is 0. The number of carbonyl (C=O) groups is 1. The van der Waals surface area contributed by atoms with Crippen LogP contribution in [-0.4, -0.2) is 30.0 Å². The fourth-order valence-corrected chi connectivity index (χ4v) is 1.92. The highest BCUT2D eigenvalue weighted by Crippen LogP contribution is 2.12. The number of nitrogens with one attached hydrogen (secondary N) is 1. The number of nitrogens with zero attached hydrogens (tertiary/aromatic N) is 2. The first-order chi connectivity index (χ1) is 10.8. The monoisotopic (exact) mass is 338 g/mol. The number of hydrazone groups is 1. The number of furan rings is 1. The zero-order valence-electron chi connectivity index (χ0n) is 11.2. The third-order valence-corrected chi connectivity index (χ3v) is 3.26. The second-order valence-electron chi connectivity index (χ2n) is 4.11. The summed E-state index contributed by atoms with van der Waals surface area (Å²) in [6, 6.07) is 6.97. The summed E-state index contributed by atoms with van der Waals surface area (Å²) in [6.07, 6.45) is 0.998. The van der Waals surface area contributed by atoms with Crippen molar-refractivity contribution < 1.29 is 27.1 Å². The lowest BCUT2D eigenvalue weighted by Gasteiger charge is -2.00. The van der Waals surface area contributed by atoms with Gasteiger partial charge in [-0.25, -0.2) is 13.8 Å². The molecule has 0 fully saturated rings. The molecule has 11 heteroatoms. The molecule has 0 saturated carbocycles. The average Bonchev–Trinajstić information content (AvgIpc) is 2.96. The molecule has 23 heavy (non-hydrogen) atoms. The maximum atomic E-state index is 11.7. The van der Waals surface area contributed by atoms with Crippen LogP contribution >= 0.6 is 0 Å². The van der Waals surface area contributed by atoms with Gasteiger partial charge in [-0.1, -0.05) is 0 Å². The van der Waals surface area contributed by atoms with Gasteiger partial charge in [0.05, 0.1) is 11.1 Å². The van der Waals surface area contributed by atoms with Gasteiger partial charge in [0.1, 0.15) is 5.76 Å². The van der Waals surface area contributed by atoms with Gasteiger partial charge < -0.3 is 8.97 Å². The summed E-state index contributed by atoms with van der Waals surface area (Å²) < 4.78 is 36.7. The van der Waals surface area contributed by atoms with Crippen molar-refractivity contribution in [2.75, 3.05) is 0 Å². The smallest absolute Gasteiger partial charge is 0.271 e. The third kappa shape index (κ3) is 4.21. The highest BCUT2D eigenvalue weighted by molar-refractivity contribution is 7.85. The first-order valence-corrected chi connectivity index (χ1v) is 7.32. The van der Waals surface area contributed by atoms with Crippen molar-refractivity contribution in [2.45, 2.75) is 5.09 Å². The van der Waals surface area contributed by atoms with Crippen LogP contribution in [0.3, 0.4) is 0 Å². The number of rotatable bonds is 5. The lowest BCUT2D eigenvalue weighted by atomic mass is 10.2. The van der Waals surface area contributed by atoms with Gasteiger partial charge in [0.25, 0.3) is 11.6 Å². The van der Waals surface area contributed by atoms with Crippen LogP contribution in [0.5, 0.6) is 0 Å². The molecule has 1 heterocycles. The van der Waals surface area contributed by atoms with E-state index in [2.05, 4.69) is 10.5 Å². The van der Waals surface area contributed by atoms with Crippen LogP contribution in [-0.2, 0) is 10.1 Å². The van der Waals surface area contributed by atoms with E-state index >= 15 is 0 Å². The van der Waals surface area contributed by atoms with E-state index in [-0.39, 0.29) is 17.0 Å². The summed E-state index contributed by atoms with van der Waals surface area (Å²) in [5.74, 6) is -0.692. The molecule has 1 N–H and O–H groups in total. The van der Waals surface area contributed by atoms with Gasteiger partial charge in [-0.2, -0.15) is 5.10 Å². The normalized spacial score (nSPS) is 11.5. The van der Waals surface area contributed by atoms with E-state index in [0.717, 1.165) is 24.4 Å². The van der Waals surface area contributed by atoms with E-state index in [1.165, 1.54) is 18.2 Å². The Bertz CT molecular complexity index is 868. The van der Waals surface area contributed by atoms with Gasteiger partial charge in [-0.3, -0.25) is 14.9 Å². The third-order valence-electron chi connectivity index (χ3n) is 2.55. The zero-order valence-corrected chi connectivity index (χ0v) is 12.0. The van der Waals surface area contributed by atoms with Gasteiger partial charge >= 0.3 is 0 Å². The predicted molar refractivity (Wildman–Crippen MR) is 74.8 cm³/mol. The summed E-state index contributed by atoms with van der Waals surface area (Å²) in [6.45, 7) is 0. The van der Waals surface area contributed by atoms with E-state index < -0.39 is 26.0 Å². The molecule has 10 nitrogen and oxygen atoms in total. The van der Waals surface area contributed by atoms with Crippen molar-refractivity contribution in [1.82, 2.24) is 5.43 Å². The molecule has 0 atom stereocenters. The quantitative estimate of drug-likeness (QED) is 0.366. The maximum Gasteiger partial charge on any atom is 0.271 e. The summed E-state index contributed by atoms with van der Waals surface area (Å²) >= 11 is 0. The highest BCUT2D eigenvalue weighted by Gasteiger charge is 2.09. The van der Waals surface area contributed by atoms with Crippen LogP contribution in [0.2, 0.25) is 0 Å². The van der Waals surface area contributed by atoms with Crippen molar-refractivity contribution in [1.29, 1.82) is 0 Å². The summed E-state index contributed by atoms with van der Waals surface area (Å²) in [7, 11) is -4.70. The number of nitro benzene ring substituents is 1. The average molecular weight is 338 g/mol. The lowest BCUT2D eigenvalue weighted by molar-refractivity contribution is -0.384. The van der Waals surface area contributed by atoms with Gasteiger partial charge in [-0.05, 0) is 24.3 Å². The number of benzene rings is 1. The molecular weight excluding hydrogens is 330 g/mol. The van der Waals surface area contributed by atoms with Crippen LogP contribution in [0, 0.1) is 10.1 Å². The Labute approximate surface area is 129 Å². The molecule has 1 aromatic carbocycles. The molecule has 0 radical (unpaired) electrons. The minimum absolute atomic E-state index is 0.0524. The minimum atomic E-state index is -4.70. The van der Waals surface area contributed by atoms with Gasteiger partial charge in [-0.15, -0.1) is 0 Å². The SMILES string of the molecule is O=C(N/N=C/c1ccc(S(=O)(=O)[O-])o1)c1ccc([N+](=O)[O-])cc1. The Morgan fingerprint density at radius 2 is 1.87 bits per heavy atom. The fourth-order valence-electron chi connectivity index (χ4n) is 1.49. The topological polar surface area (TPSA) is 155 Å². The minimum Gasteiger partial charge on any atom is -0.742 e. The van der Waals surface area contributed by atoms with Crippen LogP contribution in [0.15, 0.2) is 51.0 Å². The molecule has 0 unspecified atom stereocenters. The van der Waals surface area contributed by atoms with Crippen LogP contribution in [0.4, 0.5) is 5.69 Å². The Balaban J connectivity index is 2.01.